The van der Waals surface area contributed by atoms with Crippen molar-refractivity contribution in [2.45, 2.75) is 56.5 Å². The smallest absolute Gasteiger partial charge is 0.251 e. The van der Waals surface area contributed by atoms with Gasteiger partial charge in [-0.1, -0.05) is 26.0 Å². The van der Waals surface area contributed by atoms with Crippen molar-refractivity contribution in [3.05, 3.63) is 34.7 Å². The van der Waals surface area contributed by atoms with Gasteiger partial charge in [0.1, 0.15) is 24.8 Å². The summed E-state index contributed by atoms with van der Waals surface area (Å²) >= 11 is 8.31. The fourth-order valence-electron chi connectivity index (χ4n) is 6.13. The summed E-state index contributed by atoms with van der Waals surface area (Å²) in [7, 11) is 5.22. The summed E-state index contributed by atoms with van der Waals surface area (Å²) in [5, 5.41) is 3.63. The molecule has 3 saturated heterocycles. The molecule has 4 heterocycles. The minimum absolute atomic E-state index is 0.170. The number of methoxy groups -OCH3 is 2. The number of halogens is 1. The second kappa shape index (κ2) is 12.8. The number of benzene rings is 1. The number of carbonyl (C=O) groups is 2. The van der Waals surface area contributed by atoms with Gasteiger partial charge in [0.15, 0.2) is 5.13 Å². The molecule has 0 bridgehead atoms. The molecule has 1 aromatic heterocycles. The van der Waals surface area contributed by atoms with Gasteiger partial charge in [0, 0.05) is 62.9 Å². The third kappa shape index (κ3) is 6.05. The first-order valence-corrected chi connectivity index (χ1v) is 15.8. The van der Waals surface area contributed by atoms with Gasteiger partial charge in [0.05, 0.1) is 11.1 Å². The van der Waals surface area contributed by atoms with Gasteiger partial charge in [-0.05, 0) is 38.4 Å². The number of hydrogen-bond acceptors (Lipinski definition) is 9. The van der Waals surface area contributed by atoms with Gasteiger partial charge in [-0.2, -0.15) is 0 Å². The molecule has 3 aliphatic rings. The van der Waals surface area contributed by atoms with E-state index in [0.717, 1.165) is 47.4 Å². The molecule has 0 radical (unpaired) electrons. The SMILES string of the molecule is COC1(OC)CO[C@@H]2[C@H](Cl)CN(C(=O)[C@H](CC(C)C)NC(=O)c3ccc(-c4nc(N5CCN(C)CC5)sc4C)cc3)[C@@H]21. The molecular weight excluding hydrogens is 578 g/mol. The van der Waals surface area contributed by atoms with E-state index in [0.29, 0.717) is 12.0 Å². The molecule has 0 spiro atoms. The number of alkyl halides is 1. The number of thiazole rings is 1. The minimum atomic E-state index is -1.11. The van der Waals surface area contributed by atoms with E-state index in [1.54, 1.807) is 28.4 Å². The maximum atomic E-state index is 14.0. The van der Waals surface area contributed by atoms with Gasteiger partial charge in [-0.25, -0.2) is 4.98 Å². The zero-order valence-electron chi connectivity index (χ0n) is 25.3. The molecule has 12 heteroatoms. The van der Waals surface area contributed by atoms with Crippen LogP contribution >= 0.6 is 22.9 Å². The number of fused-ring (bicyclic) bond motifs is 1. The number of ether oxygens (including phenoxy) is 3. The molecule has 3 aliphatic heterocycles. The maximum absolute atomic E-state index is 14.0. The van der Waals surface area contributed by atoms with E-state index in [4.69, 9.17) is 30.8 Å². The van der Waals surface area contributed by atoms with Crippen LogP contribution in [0.2, 0.25) is 0 Å². The molecule has 0 aliphatic carbocycles. The minimum Gasteiger partial charge on any atom is -0.369 e. The van der Waals surface area contributed by atoms with Crippen molar-refractivity contribution in [2.24, 2.45) is 5.92 Å². The third-order valence-electron chi connectivity index (χ3n) is 8.57. The number of anilines is 1. The maximum Gasteiger partial charge on any atom is 0.251 e. The molecule has 2 aromatic rings. The number of nitrogens with zero attached hydrogens (tertiary/aromatic N) is 4. The lowest BCUT2D eigenvalue weighted by Gasteiger charge is -2.37. The Bertz CT molecular complexity index is 1260. The van der Waals surface area contributed by atoms with Gasteiger partial charge >= 0.3 is 0 Å². The quantitative estimate of drug-likeness (QED) is 0.338. The van der Waals surface area contributed by atoms with Crippen LogP contribution in [0.4, 0.5) is 5.13 Å². The van der Waals surface area contributed by atoms with E-state index in [1.807, 2.05) is 26.0 Å². The molecule has 1 aromatic carbocycles. The molecular formula is C30H42ClN5O5S. The van der Waals surface area contributed by atoms with Crippen molar-refractivity contribution >= 4 is 39.9 Å². The molecule has 3 fully saturated rings. The Labute approximate surface area is 257 Å². The Hall–Kier alpha value is -2.28. The topological polar surface area (TPSA) is 96.5 Å². The Morgan fingerprint density at radius 3 is 2.45 bits per heavy atom. The van der Waals surface area contributed by atoms with Crippen LogP contribution < -0.4 is 10.2 Å². The highest BCUT2D eigenvalue weighted by Gasteiger charge is 2.61. The molecule has 10 nitrogen and oxygen atoms in total. The number of nitrogens with one attached hydrogen (secondary N) is 1. The van der Waals surface area contributed by atoms with E-state index >= 15 is 0 Å². The number of piperazine rings is 1. The fourth-order valence-corrected chi connectivity index (χ4v) is 7.47. The normalized spacial score (nSPS) is 24.7. The lowest BCUT2D eigenvalue weighted by atomic mass is 10.00. The summed E-state index contributed by atoms with van der Waals surface area (Å²) in [5.41, 5.74) is 2.38. The van der Waals surface area contributed by atoms with Crippen molar-refractivity contribution in [1.29, 1.82) is 0 Å². The van der Waals surface area contributed by atoms with Crippen LogP contribution in [0.1, 0.15) is 35.5 Å². The van der Waals surface area contributed by atoms with Crippen LogP contribution in [0.5, 0.6) is 0 Å². The standard InChI is InChI=1S/C30H42ClN5O5S/c1-18(2)15-23(28(38)36-16-22(31)25-26(36)30(39-5,40-6)17-41-25)32-27(37)21-9-7-20(8-10-21)24-19(3)42-29(33-24)35-13-11-34(4)12-14-35/h7-10,18,22-23,25-26H,11-17H2,1-6H3,(H,32,37)/t22-,23+,25-,26+/m1/s1. The Kier molecular flexibility index (Phi) is 9.46. The van der Waals surface area contributed by atoms with E-state index in [-0.39, 0.29) is 30.9 Å². The summed E-state index contributed by atoms with van der Waals surface area (Å²) in [6.45, 7) is 10.6. The number of rotatable bonds is 9. The lowest BCUT2D eigenvalue weighted by molar-refractivity contribution is -0.227. The first-order valence-electron chi connectivity index (χ1n) is 14.6. The molecule has 0 unspecified atom stereocenters. The average molecular weight is 620 g/mol. The Balaban J connectivity index is 1.30. The van der Waals surface area contributed by atoms with Gasteiger partial charge in [-0.15, -0.1) is 22.9 Å². The molecule has 230 valence electrons. The lowest BCUT2D eigenvalue weighted by Crippen LogP contribution is -2.58. The number of aromatic nitrogens is 1. The van der Waals surface area contributed by atoms with E-state index in [2.05, 4.69) is 29.1 Å². The Morgan fingerprint density at radius 2 is 1.83 bits per heavy atom. The highest BCUT2D eigenvalue weighted by atomic mass is 35.5. The highest BCUT2D eigenvalue weighted by molar-refractivity contribution is 7.16. The van der Waals surface area contributed by atoms with Crippen LogP contribution in [0, 0.1) is 12.8 Å². The molecule has 0 saturated carbocycles. The van der Waals surface area contributed by atoms with Crippen LogP contribution in [-0.2, 0) is 19.0 Å². The van der Waals surface area contributed by atoms with Gasteiger partial charge < -0.3 is 34.2 Å². The first kappa shape index (κ1) is 31.2. The van der Waals surface area contributed by atoms with Gasteiger partial charge in [-0.3, -0.25) is 9.59 Å². The number of likely N-dealkylation sites (tertiary alicyclic amines) is 1. The predicted molar refractivity (Wildman–Crippen MR) is 164 cm³/mol. The second-order valence-electron chi connectivity index (χ2n) is 11.9. The summed E-state index contributed by atoms with van der Waals surface area (Å²) in [6.07, 6.45) is 0.0640. The van der Waals surface area contributed by atoms with E-state index in [1.165, 1.54) is 14.2 Å². The van der Waals surface area contributed by atoms with Crippen molar-refractivity contribution in [3.8, 4) is 11.3 Å². The number of carbonyl (C=O) groups excluding carboxylic acids is 2. The molecule has 2 amide bonds. The average Bonchev–Trinajstić information content (AvgIpc) is 3.66. The van der Waals surface area contributed by atoms with E-state index < -0.39 is 29.4 Å². The molecule has 5 rings (SSSR count). The van der Waals surface area contributed by atoms with Crippen LogP contribution in [0.3, 0.4) is 0 Å². The summed E-state index contributed by atoms with van der Waals surface area (Å²) < 4.78 is 17.3. The molecule has 42 heavy (non-hydrogen) atoms. The monoisotopic (exact) mass is 619 g/mol. The number of aryl methyl sites for hydroxylation is 1. The van der Waals surface area contributed by atoms with Crippen molar-refractivity contribution < 1.29 is 23.8 Å². The van der Waals surface area contributed by atoms with Crippen LogP contribution in [-0.4, -0.2) is 117 Å². The van der Waals surface area contributed by atoms with Crippen molar-refractivity contribution in [2.75, 3.05) is 65.5 Å². The van der Waals surface area contributed by atoms with Crippen molar-refractivity contribution in [1.82, 2.24) is 20.1 Å². The first-order chi connectivity index (χ1) is 20.1. The summed E-state index contributed by atoms with van der Waals surface area (Å²) in [6, 6.07) is 6.19. The van der Waals surface area contributed by atoms with Crippen LogP contribution in [0.25, 0.3) is 11.3 Å². The number of hydrogen-bond donors (Lipinski definition) is 1. The second-order valence-corrected chi connectivity index (χ2v) is 13.6. The summed E-state index contributed by atoms with van der Waals surface area (Å²) in [4.78, 5) is 39.8. The Morgan fingerprint density at radius 1 is 1.17 bits per heavy atom. The van der Waals surface area contributed by atoms with Crippen LogP contribution in [0.15, 0.2) is 24.3 Å². The van der Waals surface area contributed by atoms with E-state index in [9.17, 15) is 9.59 Å². The zero-order valence-corrected chi connectivity index (χ0v) is 26.8. The third-order valence-corrected chi connectivity index (χ3v) is 9.98. The van der Waals surface area contributed by atoms with Crippen molar-refractivity contribution in [3.63, 3.8) is 0 Å². The fraction of sp³-hybridized carbons (Fsp3) is 0.633. The predicted octanol–water partition coefficient (Wildman–Crippen LogP) is 3.22. The zero-order chi connectivity index (χ0) is 30.2. The van der Waals surface area contributed by atoms with Gasteiger partial charge in [0.25, 0.3) is 5.91 Å². The number of amides is 2. The van der Waals surface area contributed by atoms with Gasteiger partial charge in [0.2, 0.25) is 11.7 Å². The largest absolute Gasteiger partial charge is 0.369 e. The number of likely N-dealkylation sites (N-methyl/N-ethyl adjacent to an activating group) is 1. The summed E-state index contributed by atoms with van der Waals surface area (Å²) in [5.74, 6) is -1.46. The molecule has 4 atom stereocenters. The highest BCUT2D eigenvalue weighted by Crippen LogP contribution is 2.41. The molecule has 1 N–H and O–H groups in total.